The Morgan fingerprint density at radius 2 is 0.920 bits per heavy atom. The van der Waals surface area contributed by atoms with Gasteiger partial charge in [0.05, 0.1) is 34.4 Å². The minimum Gasteiger partial charge on any atom is -0.756 e. The summed E-state index contributed by atoms with van der Waals surface area (Å²) in [5.41, 5.74) is 0. The van der Waals surface area contributed by atoms with Crippen LogP contribution < -0.4 is 4.89 Å². The zero-order valence-electron chi connectivity index (χ0n) is 34.1. The van der Waals surface area contributed by atoms with Crippen LogP contribution in [-0.2, 0) is 23.1 Å². The van der Waals surface area contributed by atoms with Crippen molar-refractivity contribution in [2.45, 2.75) is 200 Å². The molecule has 8 heteroatoms. The lowest BCUT2D eigenvalue weighted by atomic mass is 10.0. The second kappa shape index (κ2) is 37.1. The van der Waals surface area contributed by atoms with E-state index in [1.807, 2.05) is 21.1 Å². The number of unbranched alkanes of at least 4 members (excludes halogenated alkanes) is 25. The molecule has 2 unspecified atom stereocenters. The van der Waals surface area contributed by atoms with Crippen LogP contribution in [0.1, 0.15) is 194 Å². The summed E-state index contributed by atoms with van der Waals surface area (Å²) >= 11 is 0. The fourth-order valence-electron chi connectivity index (χ4n) is 6.00. The number of nitrogens with zero attached hydrogens (tertiary/aromatic N) is 1. The fourth-order valence-corrected chi connectivity index (χ4v) is 6.72. The lowest BCUT2D eigenvalue weighted by molar-refractivity contribution is -0.870. The van der Waals surface area contributed by atoms with Crippen LogP contribution in [0.25, 0.3) is 0 Å². The average molecular weight is 732 g/mol. The minimum absolute atomic E-state index is 0.0758. The van der Waals surface area contributed by atoms with Gasteiger partial charge in [0.15, 0.2) is 0 Å². The van der Waals surface area contributed by atoms with E-state index in [4.69, 9.17) is 18.5 Å². The summed E-state index contributed by atoms with van der Waals surface area (Å²) in [5.74, 6) is 0. The van der Waals surface area contributed by atoms with Gasteiger partial charge in [-0.1, -0.05) is 167 Å². The van der Waals surface area contributed by atoms with Crippen molar-refractivity contribution < 1.29 is 32.5 Å². The molecule has 0 fully saturated rings. The van der Waals surface area contributed by atoms with Crippen LogP contribution in [0.5, 0.6) is 0 Å². The van der Waals surface area contributed by atoms with Crippen LogP contribution in [0.3, 0.4) is 0 Å². The molecule has 0 saturated heterocycles. The van der Waals surface area contributed by atoms with Gasteiger partial charge >= 0.3 is 0 Å². The predicted molar refractivity (Wildman–Crippen MR) is 213 cm³/mol. The average Bonchev–Trinajstić information content (AvgIpc) is 3.07. The highest BCUT2D eigenvalue weighted by Crippen LogP contribution is 2.38. The van der Waals surface area contributed by atoms with Gasteiger partial charge < -0.3 is 27.9 Å². The summed E-state index contributed by atoms with van der Waals surface area (Å²) in [6.45, 7) is 6.73. The molecule has 0 aromatic rings. The van der Waals surface area contributed by atoms with Crippen molar-refractivity contribution in [2.75, 3.05) is 60.7 Å². The molecule has 300 valence electrons. The first kappa shape index (κ1) is 49.7. The quantitative estimate of drug-likeness (QED) is 0.0270. The number of rotatable bonds is 41. The Labute approximate surface area is 312 Å². The van der Waals surface area contributed by atoms with Crippen LogP contribution in [0.4, 0.5) is 0 Å². The number of quaternary nitrogens is 1. The third-order valence-electron chi connectivity index (χ3n) is 9.39. The fraction of sp³-hybridized carbons (Fsp3) is 0.952. The summed E-state index contributed by atoms with van der Waals surface area (Å²) in [7, 11) is 1.60. The normalized spacial score (nSPS) is 14.1. The molecule has 50 heavy (non-hydrogen) atoms. The largest absolute Gasteiger partial charge is 0.756 e. The first-order chi connectivity index (χ1) is 24.2. The Kier molecular flexibility index (Phi) is 36.9. The second-order valence-electron chi connectivity index (χ2n) is 15.7. The monoisotopic (exact) mass is 732 g/mol. The van der Waals surface area contributed by atoms with Crippen LogP contribution in [0, 0.1) is 0 Å². The Hall–Kier alpha value is -0.270. The predicted octanol–water partition coefficient (Wildman–Crippen LogP) is 12.1. The van der Waals surface area contributed by atoms with Crippen molar-refractivity contribution in [1.82, 2.24) is 0 Å². The molecule has 0 saturated carbocycles. The maximum absolute atomic E-state index is 12.4. The first-order valence-electron chi connectivity index (χ1n) is 21.4. The second-order valence-corrected chi connectivity index (χ2v) is 17.1. The first-order valence-corrected chi connectivity index (χ1v) is 22.9. The Balaban J connectivity index is 4.11. The molecule has 0 aliphatic heterocycles. The van der Waals surface area contributed by atoms with Crippen molar-refractivity contribution in [3.63, 3.8) is 0 Å². The molecule has 0 rings (SSSR count). The summed E-state index contributed by atoms with van der Waals surface area (Å²) in [6, 6.07) is 0. The van der Waals surface area contributed by atoms with Gasteiger partial charge in [0.2, 0.25) is 0 Å². The number of ether oxygens (including phenoxy) is 2. The Morgan fingerprint density at radius 1 is 0.520 bits per heavy atom. The number of hydrogen-bond acceptors (Lipinski definition) is 6. The minimum atomic E-state index is -4.39. The van der Waals surface area contributed by atoms with E-state index in [0.29, 0.717) is 30.8 Å². The topological polar surface area (TPSA) is 77.1 Å². The van der Waals surface area contributed by atoms with Gasteiger partial charge in [-0.3, -0.25) is 4.57 Å². The molecule has 0 heterocycles. The smallest absolute Gasteiger partial charge is 0.268 e. The highest BCUT2D eigenvalue weighted by atomic mass is 31.2. The highest BCUT2D eigenvalue weighted by molar-refractivity contribution is 7.45. The van der Waals surface area contributed by atoms with E-state index in [1.165, 1.54) is 154 Å². The van der Waals surface area contributed by atoms with Crippen molar-refractivity contribution in [2.24, 2.45) is 0 Å². The molecule has 0 N–H and O–H groups in total. The van der Waals surface area contributed by atoms with E-state index in [9.17, 15) is 9.46 Å². The third kappa shape index (κ3) is 40.5. The van der Waals surface area contributed by atoms with Crippen molar-refractivity contribution in [3.05, 3.63) is 12.2 Å². The van der Waals surface area contributed by atoms with Crippen LogP contribution >= 0.6 is 7.82 Å². The van der Waals surface area contributed by atoms with E-state index in [0.717, 1.165) is 25.7 Å². The van der Waals surface area contributed by atoms with E-state index in [1.54, 1.807) is 0 Å². The van der Waals surface area contributed by atoms with Crippen molar-refractivity contribution in [3.8, 4) is 0 Å². The van der Waals surface area contributed by atoms with Gasteiger partial charge in [-0.2, -0.15) is 0 Å². The van der Waals surface area contributed by atoms with Gasteiger partial charge in [0.25, 0.3) is 7.82 Å². The number of allylic oxidation sites excluding steroid dienone is 2. The standard InChI is InChI=1S/C42H86NO6P/c1-6-8-10-12-14-16-18-20-22-23-25-27-29-31-33-35-38-47-42(41-49-50(44,45)48-39-36-43(3,4)5)40-46-37-34-32-30-28-26-24-21-19-17-15-13-11-9-7-2/h23,25,42H,6-22,24,26-41H2,1-5H3/b25-23+. The molecular weight excluding hydrogens is 645 g/mol. The number of likely N-dealkylation sites (N-methyl/N-ethyl adjacent to an activating group) is 1. The zero-order chi connectivity index (χ0) is 36.9. The van der Waals surface area contributed by atoms with E-state index >= 15 is 0 Å². The molecular formula is C42H86NO6P. The Morgan fingerprint density at radius 3 is 1.36 bits per heavy atom. The summed E-state index contributed by atoms with van der Waals surface area (Å²) in [5, 5.41) is 0. The molecule has 2 atom stereocenters. The van der Waals surface area contributed by atoms with E-state index in [2.05, 4.69) is 26.0 Å². The maximum Gasteiger partial charge on any atom is 0.268 e. The number of phosphoric acid groups is 1. The maximum atomic E-state index is 12.4. The van der Waals surface area contributed by atoms with Gasteiger partial charge in [-0.05, 0) is 38.5 Å². The molecule has 0 aliphatic rings. The van der Waals surface area contributed by atoms with Crippen LogP contribution in [-0.4, -0.2) is 71.3 Å². The van der Waals surface area contributed by atoms with E-state index in [-0.39, 0.29) is 13.2 Å². The number of hydrogen-bond donors (Lipinski definition) is 0. The summed E-state index contributed by atoms with van der Waals surface area (Å²) in [4.78, 5) is 12.4. The SMILES string of the molecule is CCCCCCCCCC/C=C/CCCCCCOC(COCCCCCCCCCCCCCCCC)COP(=O)([O-])OCC[N+](C)(C)C. The molecule has 0 radical (unpaired) electrons. The molecule has 0 bridgehead atoms. The van der Waals surface area contributed by atoms with Gasteiger partial charge in [-0.15, -0.1) is 0 Å². The van der Waals surface area contributed by atoms with Crippen molar-refractivity contribution >= 4 is 7.82 Å². The van der Waals surface area contributed by atoms with Crippen molar-refractivity contribution in [1.29, 1.82) is 0 Å². The Bertz CT molecular complexity index is 759. The van der Waals surface area contributed by atoms with Crippen LogP contribution in [0.2, 0.25) is 0 Å². The lowest BCUT2D eigenvalue weighted by Crippen LogP contribution is -2.37. The molecule has 7 nitrogen and oxygen atoms in total. The molecule has 0 spiro atoms. The summed E-state index contributed by atoms with van der Waals surface area (Å²) < 4.78 is 35.3. The van der Waals surface area contributed by atoms with Gasteiger partial charge in [0.1, 0.15) is 19.3 Å². The molecule has 0 aromatic carbocycles. The molecule has 0 aliphatic carbocycles. The van der Waals surface area contributed by atoms with E-state index < -0.39 is 13.9 Å². The van der Waals surface area contributed by atoms with Gasteiger partial charge in [0, 0.05) is 13.2 Å². The lowest BCUT2D eigenvalue weighted by Gasteiger charge is -2.28. The summed E-state index contributed by atoms with van der Waals surface area (Å²) in [6.07, 6.45) is 40.7. The van der Waals surface area contributed by atoms with Crippen LogP contribution in [0.15, 0.2) is 12.2 Å². The highest BCUT2D eigenvalue weighted by Gasteiger charge is 2.18. The molecule has 0 amide bonds. The van der Waals surface area contributed by atoms with Gasteiger partial charge in [-0.25, -0.2) is 0 Å². The zero-order valence-corrected chi connectivity index (χ0v) is 35.0. The number of phosphoric ester groups is 1. The third-order valence-corrected chi connectivity index (χ3v) is 10.3. The molecule has 0 aromatic heterocycles.